The second-order valence-corrected chi connectivity index (χ2v) is 6.51. The first-order valence-electron chi connectivity index (χ1n) is 5.72. The van der Waals surface area contributed by atoms with Crippen molar-refractivity contribution < 1.29 is 9.53 Å². The zero-order valence-corrected chi connectivity index (χ0v) is 14.2. The largest absolute Gasteiger partial charge is 0.444 e. The lowest BCUT2D eigenvalue weighted by molar-refractivity contribution is 0.0534. The van der Waals surface area contributed by atoms with Crippen LogP contribution in [-0.2, 0) is 4.74 Å². The molecule has 0 fully saturated rings. The van der Waals surface area contributed by atoms with Crippen LogP contribution in [0.2, 0.25) is 0 Å². The molecular weight excluding hydrogens is 376 g/mol. The first-order valence-corrected chi connectivity index (χ1v) is 7.30. The monoisotopic (exact) mass is 390 g/mol. The molecular formula is C13H16Br2N2O2. The maximum Gasteiger partial charge on any atom is 0.407 e. The summed E-state index contributed by atoms with van der Waals surface area (Å²) in [5, 5.41) is 2.65. The van der Waals surface area contributed by atoms with Gasteiger partial charge in [0.25, 0.3) is 0 Å². The normalized spacial score (nSPS) is 11.6. The van der Waals surface area contributed by atoms with E-state index >= 15 is 0 Å². The smallest absolute Gasteiger partial charge is 0.407 e. The standard InChI is InChI=1S/C13H16Br2N2O2/c1-13(2,3)19-12(18)17-6-4-5-9-10(14)7-16-8-11(9)15/h4-5,7-8H,6H2,1-3H3,(H,17,18). The molecule has 1 N–H and O–H groups in total. The van der Waals surface area contributed by atoms with Crippen LogP contribution < -0.4 is 5.32 Å². The number of nitrogens with zero attached hydrogens (tertiary/aromatic N) is 1. The summed E-state index contributed by atoms with van der Waals surface area (Å²) in [5.74, 6) is 0. The third-order valence-corrected chi connectivity index (χ3v) is 3.20. The van der Waals surface area contributed by atoms with E-state index in [4.69, 9.17) is 4.74 Å². The summed E-state index contributed by atoms with van der Waals surface area (Å²) in [7, 11) is 0. The molecule has 0 atom stereocenters. The zero-order valence-electron chi connectivity index (χ0n) is 11.0. The van der Waals surface area contributed by atoms with Crippen molar-refractivity contribution in [1.82, 2.24) is 10.3 Å². The number of amides is 1. The minimum Gasteiger partial charge on any atom is -0.444 e. The fraction of sp³-hybridized carbons (Fsp3) is 0.385. The topological polar surface area (TPSA) is 51.2 Å². The Kier molecular flexibility index (Phi) is 6.00. The van der Waals surface area contributed by atoms with Gasteiger partial charge in [-0.15, -0.1) is 0 Å². The SMILES string of the molecule is CC(C)(C)OC(=O)NCC=Cc1c(Br)cncc1Br. The number of carbonyl (C=O) groups excluding carboxylic acids is 1. The maximum absolute atomic E-state index is 11.4. The van der Waals surface area contributed by atoms with Crippen molar-refractivity contribution in [2.75, 3.05) is 6.54 Å². The van der Waals surface area contributed by atoms with E-state index in [9.17, 15) is 4.79 Å². The summed E-state index contributed by atoms with van der Waals surface area (Å²) in [5.41, 5.74) is 0.492. The Bertz CT molecular complexity index is 462. The summed E-state index contributed by atoms with van der Waals surface area (Å²) in [4.78, 5) is 15.4. The Balaban J connectivity index is 2.49. The van der Waals surface area contributed by atoms with Crippen LogP contribution in [-0.4, -0.2) is 23.2 Å². The molecule has 0 bridgehead atoms. The molecule has 1 amide bonds. The number of rotatable bonds is 3. The average Bonchev–Trinajstić information content (AvgIpc) is 2.25. The van der Waals surface area contributed by atoms with Gasteiger partial charge in [0.05, 0.1) is 0 Å². The van der Waals surface area contributed by atoms with Gasteiger partial charge in [-0.25, -0.2) is 4.79 Å². The van der Waals surface area contributed by atoms with Gasteiger partial charge in [0.2, 0.25) is 0 Å². The maximum atomic E-state index is 11.4. The second kappa shape index (κ2) is 7.05. The third-order valence-electron chi connectivity index (χ3n) is 1.94. The van der Waals surface area contributed by atoms with E-state index in [0.717, 1.165) is 14.5 Å². The highest BCUT2D eigenvalue weighted by molar-refractivity contribution is 9.11. The van der Waals surface area contributed by atoms with Gasteiger partial charge in [0.1, 0.15) is 5.60 Å². The molecule has 0 aliphatic carbocycles. The molecule has 0 spiro atoms. The van der Waals surface area contributed by atoms with E-state index in [1.807, 2.05) is 32.9 Å². The molecule has 0 unspecified atom stereocenters. The summed E-state index contributed by atoms with van der Waals surface area (Å²) >= 11 is 6.82. The Hall–Kier alpha value is -0.880. The fourth-order valence-electron chi connectivity index (χ4n) is 1.21. The van der Waals surface area contributed by atoms with Crippen molar-refractivity contribution in [3.8, 4) is 0 Å². The average molecular weight is 392 g/mol. The van der Waals surface area contributed by atoms with E-state index in [-0.39, 0.29) is 0 Å². The van der Waals surface area contributed by atoms with Gasteiger partial charge in [-0.3, -0.25) is 4.98 Å². The van der Waals surface area contributed by atoms with Gasteiger partial charge in [-0.2, -0.15) is 0 Å². The first-order chi connectivity index (χ1) is 8.79. The van der Waals surface area contributed by atoms with E-state index in [1.165, 1.54) is 0 Å². The Labute approximate surface area is 129 Å². The highest BCUT2D eigenvalue weighted by Crippen LogP contribution is 2.24. The van der Waals surface area contributed by atoms with Crippen LogP contribution in [0.5, 0.6) is 0 Å². The predicted octanol–water partition coefficient (Wildman–Crippen LogP) is 4.14. The minimum absolute atomic E-state index is 0.399. The highest BCUT2D eigenvalue weighted by atomic mass is 79.9. The van der Waals surface area contributed by atoms with Crippen LogP contribution in [0.15, 0.2) is 27.4 Å². The minimum atomic E-state index is -0.481. The summed E-state index contributed by atoms with van der Waals surface area (Å²) in [6.45, 7) is 5.88. The molecule has 0 saturated heterocycles. The van der Waals surface area contributed by atoms with Gasteiger partial charge in [-0.1, -0.05) is 12.2 Å². The zero-order chi connectivity index (χ0) is 14.5. The predicted molar refractivity (Wildman–Crippen MR) is 82.9 cm³/mol. The third kappa shape index (κ3) is 6.20. The van der Waals surface area contributed by atoms with Crippen molar-refractivity contribution in [3.05, 3.63) is 33.0 Å². The summed E-state index contributed by atoms with van der Waals surface area (Å²) < 4.78 is 6.89. The Morgan fingerprint density at radius 3 is 2.47 bits per heavy atom. The van der Waals surface area contributed by atoms with Crippen LogP contribution in [0.25, 0.3) is 6.08 Å². The van der Waals surface area contributed by atoms with E-state index in [2.05, 4.69) is 42.2 Å². The molecule has 1 rings (SSSR count). The Morgan fingerprint density at radius 1 is 1.37 bits per heavy atom. The second-order valence-electron chi connectivity index (χ2n) is 4.80. The number of aromatic nitrogens is 1. The molecule has 1 aromatic rings. The molecule has 0 aliphatic rings. The molecule has 1 aromatic heterocycles. The number of nitrogens with one attached hydrogen (secondary N) is 1. The summed E-state index contributed by atoms with van der Waals surface area (Å²) in [6.07, 6.45) is 6.74. The first kappa shape index (κ1) is 16.2. The van der Waals surface area contributed by atoms with Crippen molar-refractivity contribution in [3.63, 3.8) is 0 Å². The van der Waals surface area contributed by atoms with Crippen molar-refractivity contribution in [2.45, 2.75) is 26.4 Å². The number of hydrogen-bond donors (Lipinski definition) is 1. The van der Waals surface area contributed by atoms with Gasteiger partial charge >= 0.3 is 6.09 Å². The molecule has 0 aliphatic heterocycles. The Morgan fingerprint density at radius 2 is 1.95 bits per heavy atom. The van der Waals surface area contributed by atoms with E-state index < -0.39 is 11.7 Å². The van der Waals surface area contributed by atoms with Crippen LogP contribution in [0.3, 0.4) is 0 Å². The van der Waals surface area contributed by atoms with Gasteiger partial charge in [0, 0.05) is 33.4 Å². The number of halogens is 2. The van der Waals surface area contributed by atoms with E-state index in [1.54, 1.807) is 12.4 Å². The van der Waals surface area contributed by atoms with Crippen molar-refractivity contribution in [1.29, 1.82) is 0 Å². The van der Waals surface area contributed by atoms with E-state index in [0.29, 0.717) is 6.54 Å². The molecule has 0 saturated carbocycles. The van der Waals surface area contributed by atoms with Crippen molar-refractivity contribution >= 4 is 44.0 Å². The lowest BCUT2D eigenvalue weighted by Crippen LogP contribution is -2.32. The molecule has 6 heteroatoms. The quantitative estimate of drug-likeness (QED) is 0.842. The van der Waals surface area contributed by atoms with Crippen LogP contribution in [0, 0.1) is 0 Å². The van der Waals surface area contributed by atoms with Crippen LogP contribution in [0.4, 0.5) is 4.79 Å². The fourth-order valence-corrected chi connectivity index (χ4v) is 2.41. The molecule has 104 valence electrons. The highest BCUT2D eigenvalue weighted by Gasteiger charge is 2.14. The number of ether oxygens (including phenoxy) is 1. The van der Waals surface area contributed by atoms with Gasteiger partial charge < -0.3 is 10.1 Å². The molecule has 4 nitrogen and oxygen atoms in total. The van der Waals surface area contributed by atoms with Crippen LogP contribution >= 0.6 is 31.9 Å². The van der Waals surface area contributed by atoms with Gasteiger partial charge in [-0.05, 0) is 52.6 Å². The molecule has 0 aromatic carbocycles. The number of pyridine rings is 1. The summed E-state index contributed by atoms with van der Waals surface area (Å²) in [6, 6.07) is 0. The molecule has 0 radical (unpaired) electrons. The number of carbonyl (C=O) groups is 1. The lowest BCUT2D eigenvalue weighted by Gasteiger charge is -2.19. The van der Waals surface area contributed by atoms with Crippen molar-refractivity contribution in [2.24, 2.45) is 0 Å². The molecule has 19 heavy (non-hydrogen) atoms. The number of alkyl carbamates (subject to hydrolysis) is 1. The van der Waals surface area contributed by atoms with Crippen LogP contribution in [0.1, 0.15) is 26.3 Å². The lowest BCUT2D eigenvalue weighted by atomic mass is 10.2. The number of hydrogen-bond acceptors (Lipinski definition) is 3. The molecule has 1 heterocycles. The van der Waals surface area contributed by atoms with Gasteiger partial charge in [0.15, 0.2) is 0 Å².